The highest BCUT2D eigenvalue weighted by molar-refractivity contribution is 5.90. The zero-order chi connectivity index (χ0) is 13.2. The number of amides is 2. The molecule has 1 heterocycles. The first-order chi connectivity index (χ1) is 7.79. The third-order valence-electron chi connectivity index (χ3n) is 3.28. The van der Waals surface area contributed by atoms with Gasteiger partial charge >= 0.3 is 0 Å². The summed E-state index contributed by atoms with van der Waals surface area (Å²) in [4.78, 5) is 25.5. The highest BCUT2D eigenvalue weighted by atomic mass is 16.2. The lowest BCUT2D eigenvalue weighted by Crippen LogP contribution is -2.54. The lowest BCUT2D eigenvalue weighted by atomic mass is 9.86. The molecule has 3 N–H and O–H groups in total. The summed E-state index contributed by atoms with van der Waals surface area (Å²) < 4.78 is 0. The summed E-state index contributed by atoms with van der Waals surface area (Å²) in [6, 6.07) is -0.909. The van der Waals surface area contributed by atoms with Gasteiger partial charge in [-0.2, -0.15) is 0 Å². The molecule has 1 aliphatic rings. The SMILES string of the molecule is CNC(=O)C1CCCN1C(=O)C(N)C(C)(C)C. The molecule has 0 saturated carbocycles. The van der Waals surface area contributed by atoms with Crippen molar-refractivity contribution in [2.24, 2.45) is 11.1 Å². The van der Waals surface area contributed by atoms with Crippen LogP contribution in [0.4, 0.5) is 0 Å². The minimum absolute atomic E-state index is 0.100. The van der Waals surface area contributed by atoms with Gasteiger partial charge in [-0.05, 0) is 18.3 Å². The van der Waals surface area contributed by atoms with Crippen molar-refractivity contribution in [3.05, 3.63) is 0 Å². The van der Waals surface area contributed by atoms with Crippen LogP contribution in [0.2, 0.25) is 0 Å². The van der Waals surface area contributed by atoms with Gasteiger partial charge in [0.25, 0.3) is 0 Å². The fourth-order valence-corrected chi connectivity index (χ4v) is 2.02. The van der Waals surface area contributed by atoms with E-state index < -0.39 is 6.04 Å². The van der Waals surface area contributed by atoms with Crippen LogP contribution in [0.1, 0.15) is 33.6 Å². The summed E-state index contributed by atoms with van der Waals surface area (Å²) in [5, 5.41) is 2.60. The van der Waals surface area contributed by atoms with Crippen molar-refractivity contribution >= 4 is 11.8 Å². The quantitative estimate of drug-likeness (QED) is 0.720. The van der Waals surface area contributed by atoms with E-state index >= 15 is 0 Å². The number of carbonyl (C=O) groups excluding carboxylic acids is 2. The minimum Gasteiger partial charge on any atom is -0.357 e. The van der Waals surface area contributed by atoms with E-state index in [2.05, 4.69) is 5.32 Å². The molecular formula is C12H23N3O2. The molecule has 1 saturated heterocycles. The number of nitrogens with zero attached hydrogens (tertiary/aromatic N) is 1. The number of rotatable bonds is 2. The molecule has 0 aromatic carbocycles. The molecule has 1 rings (SSSR count). The molecule has 0 bridgehead atoms. The van der Waals surface area contributed by atoms with Gasteiger partial charge in [0.2, 0.25) is 11.8 Å². The van der Waals surface area contributed by atoms with Gasteiger partial charge in [-0.3, -0.25) is 9.59 Å². The normalized spacial score (nSPS) is 22.4. The van der Waals surface area contributed by atoms with Crippen LogP contribution >= 0.6 is 0 Å². The van der Waals surface area contributed by atoms with Crippen LogP contribution in [0, 0.1) is 5.41 Å². The number of hydrogen-bond acceptors (Lipinski definition) is 3. The Morgan fingerprint density at radius 3 is 2.47 bits per heavy atom. The van der Waals surface area contributed by atoms with Crippen LogP contribution in [0.5, 0.6) is 0 Å². The molecule has 0 aromatic rings. The Kier molecular flexibility index (Phi) is 4.14. The highest BCUT2D eigenvalue weighted by Gasteiger charge is 2.38. The summed E-state index contributed by atoms with van der Waals surface area (Å²) in [6.45, 7) is 6.42. The lowest BCUT2D eigenvalue weighted by molar-refractivity contribution is -0.141. The van der Waals surface area contributed by atoms with Crippen molar-refractivity contribution in [2.75, 3.05) is 13.6 Å². The van der Waals surface area contributed by atoms with Crippen LogP contribution in [0.25, 0.3) is 0 Å². The summed E-state index contributed by atoms with van der Waals surface area (Å²) in [6.07, 6.45) is 1.59. The molecule has 0 spiro atoms. The van der Waals surface area contributed by atoms with Crippen molar-refractivity contribution < 1.29 is 9.59 Å². The number of carbonyl (C=O) groups is 2. The molecule has 2 unspecified atom stereocenters. The standard InChI is InChI=1S/C12H23N3O2/c1-12(2,3)9(13)11(17)15-7-5-6-8(15)10(16)14-4/h8-9H,5-7,13H2,1-4H3,(H,14,16). The number of nitrogens with one attached hydrogen (secondary N) is 1. The largest absolute Gasteiger partial charge is 0.357 e. The Bertz CT molecular complexity index is 309. The van der Waals surface area contributed by atoms with E-state index in [0.717, 1.165) is 12.8 Å². The molecule has 5 heteroatoms. The number of hydrogen-bond donors (Lipinski definition) is 2. The molecule has 5 nitrogen and oxygen atoms in total. The molecule has 17 heavy (non-hydrogen) atoms. The molecule has 2 amide bonds. The Labute approximate surface area is 103 Å². The Morgan fingerprint density at radius 1 is 1.41 bits per heavy atom. The van der Waals surface area contributed by atoms with Crippen molar-refractivity contribution in [1.82, 2.24) is 10.2 Å². The van der Waals surface area contributed by atoms with Crippen LogP contribution in [-0.4, -0.2) is 42.4 Å². The second-order valence-electron chi connectivity index (χ2n) is 5.65. The first-order valence-electron chi connectivity index (χ1n) is 6.06. The Morgan fingerprint density at radius 2 is 2.00 bits per heavy atom. The molecule has 1 aliphatic heterocycles. The third-order valence-corrected chi connectivity index (χ3v) is 3.28. The number of nitrogens with two attached hydrogens (primary N) is 1. The van der Waals surface area contributed by atoms with E-state index in [1.165, 1.54) is 0 Å². The second-order valence-corrected chi connectivity index (χ2v) is 5.65. The molecule has 1 fully saturated rings. The molecule has 0 radical (unpaired) electrons. The Hall–Kier alpha value is -1.10. The van der Waals surface area contributed by atoms with Crippen LogP contribution in [0.15, 0.2) is 0 Å². The molecule has 0 aromatic heterocycles. The van der Waals surface area contributed by atoms with Crippen LogP contribution < -0.4 is 11.1 Å². The predicted molar refractivity (Wildman–Crippen MR) is 66.2 cm³/mol. The van der Waals surface area contributed by atoms with Gasteiger partial charge in [0.1, 0.15) is 6.04 Å². The van der Waals surface area contributed by atoms with Gasteiger partial charge in [0.05, 0.1) is 6.04 Å². The van der Waals surface area contributed by atoms with Crippen LogP contribution in [-0.2, 0) is 9.59 Å². The van der Waals surface area contributed by atoms with Crippen molar-refractivity contribution in [1.29, 1.82) is 0 Å². The van der Waals surface area contributed by atoms with Gasteiger partial charge in [0, 0.05) is 13.6 Å². The third kappa shape index (κ3) is 2.97. The van der Waals surface area contributed by atoms with Gasteiger partial charge in [-0.1, -0.05) is 20.8 Å². The summed E-state index contributed by atoms with van der Waals surface area (Å²) in [5.41, 5.74) is 5.67. The predicted octanol–water partition coefficient (Wildman–Crippen LogP) is 0.0968. The van der Waals surface area contributed by atoms with Gasteiger partial charge < -0.3 is 16.0 Å². The fraction of sp³-hybridized carbons (Fsp3) is 0.833. The van der Waals surface area contributed by atoms with E-state index in [1.54, 1.807) is 11.9 Å². The maximum Gasteiger partial charge on any atom is 0.242 e. The van der Waals surface area contributed by atoms with E-state index in [9.17, 15) is 9.59 Å². The minimum atomic E-state index is -0.562. The fourth-order valence-electron chi connectivity index (χ4n) is 2.02. The first-order valence-corrected chi connectivity index (χ1v) is 6.06. The Balaban J connectivity index is 2.78. The highest BCUT2D eigenvalue weighted by Crippen LogP contribution is 2.24. The van der Waals surface area contributed by atoms with Crippen LogP contribution in [0.3, 0.4) is 0 Å². The van der Waals surface area contributed by atoms with Gasteiger partial charge in [-0.25, -0.2) is 0 Å². The average Bonchev–Trinajstić information content (AvgIpc) is 2.73. The topological polar surface area (TPSA) is 75.4 Å². The molecule has 0 aliphatic carbocycles. The number of likely N-dealkylation sites (tertiary alicyclic amines) is 1. The van der Waals surface area contributed by atoms with Gasteiger partial charge in [0.15, 0.2) is 0 Å². The van der Waals surface area contributed by atoms with E-state index in [0.29, 0.717) is 6.54 Å². The molecule has 98 valence electrons. The summed E-state index contributed by atoms with van der Waals surface area (Å²) in [7, 11) is 1.59. The lowest BCUT2D eigenvalue weighted by Gasteiger charge is -2.32. The smallest absolute Gasteiger partial charge is 0.242 e. The second kappa shape index (κ2) is 5.04. The summed E-state index contributed by atoms with van der Waals surface area (Å²) in [5.74, 6) is -0.222. The maximum absolute atomic E-state index is 12.2. The zero-order valence-electron chi connectivity index (χ0n) is 11.1. The van der Waals surface area contributed by atoms with Crippen molar-refractivity contribution in [3.8, 4) is 0 Å². The maximum atomic E-state index is 12.2. The van der Waals surface area contributed by atoms with Crippen molar-refractivity contribution in [2.45, 2.75) is 45.7 Å². The van der Waals surface area contributed by atoms with E-state index in [4.69, 9.17) is 5.73 Å². The summed E-state index contributed by atoms with van der Waals surface area (Å²) >= 11 is 0. The van der Waals surface area contributed by atoms with Crippen molar-refractivity contribution in [3.63, 3.8) is 0 Å². The number of likely N-dealkylation sites (N-methyl/N-ethyl adjacent to an activating group) is 1. The van der Waals surface area contributed by atoms with E-state index in [-0.39, 0.29) is 23.3 Å². The molecule has 2 atom stereocenters. The monoisotopic (exact) mass is 241 g/mol. The molecular weight excluding hydrogens is 218 g/mol. The average molecular weight is 241 g/mol. The van der Waals surface area contributed by atoms with Gasteiger partial charge in [-0.15, -0.1) is 0 Å². The zero-order valence-corrected chi connectivity index (χ0v) is 11.1. The van der Waals surface area contributed by atoms with E-state index in [1.807, 2.05) is 20.8 Å². The first kappa shape index (κ1) is 14.0.